The molecule has 0 aliphatic rings. The van der Waals surface area contributed by atoms with Gasteiger partial charge in [-0.2, -0.15) is 0 Å². The van der Waals surface area contributed by atoms with Gasteiger partial charge in [0.15, 0.2) is 5.78 Å². The van der Waals surface area contributed by atoms with Gasteiger partial charge in [0.25, 0.3) is 0 Å². The Balaban J connectivity index is 2.26. The van der Waals surface area contributed by atoms with E-state index >= 15 is 0 Å². The Morgan fingerprint density at radius 2 is 2.00 bits per heavy atom. The molecule has 0 bridgehead atoms. The van der Waals surface area contributed by atoms with Crippen LogP contribution in [0.2, 0.25) is 5.02 Å². The lowest BCUT2D eigenvalue weighted by Gasteiger charge is -2.08. The second kappa shape index (κ2) is 5.85. The van der Waals surface area contributed by atoms with Gasteiger partial charge in [0.05, 0.1) is 12.7 Å². The lowest BCUT2D eigenvalue weighted by molar-refractivity contribution is 0.0988. The first-order valence-electron chi connectivity index (χ1n) is 5.72. The van der Waals surface area contributed by atoms with Crippen molar-refractivity contribution in [2.75, 3.05) is 7.11 Å². The predicted octanol–water partition coefficient (Wildman–Crippen LogP) is 3.91. The molecule has 0 heterocycles. The summed E-state index contributed by atoms with van der Waals surface area (Å²) in [5, 5.41) is 0.270. The molecule has 0 spiro atoms. The Kier molecular flexibility index (Phi) is 4.17. The number of ether oxygens (including phenoxy) is 1. The number of ketones is 1. The van der Waals surface area contributed by atoms with E-state index < -0.39 is 5.82 Å². The number of carbonyl (C=O) groups is 1. The Morgan fingerprint density at radius 3 is 2.68 bits per heavy atom. The van der Waals surface area contributed by atoms with Crippen LogP contribution in [-0.4, -0.2) is 12.9 Å². The summed E-state index contributed by atoms with van der Waals surface area (Å²) in [6.07, 6.45) is 0.0859. The summed E-state index contributed by atoms with van der Waals surface area (Å²) < 4.78 is 18.8. The van der Waals surface area contributed by atoms with Crippen LogP contribution in [0.25, 0.3) is 0 Å². The fourth-order valence-electron chi connectivity index (χ4n) is 1.83. The van der Waals surface area contributed by atoms with Gasteiger partial charge >= 0.3 is 0 Å². The van der Waals surface area contributed by atoms with Gasteiger partial charge < -0.3 is 4.74 Å². The molecule has 4 heteroatoms. The van der Waals surface area contributed by atoms with Gasteiger partial charge in [-0.05, 0) is 24.3 Å². The SMILES string of the molecule is COc1ccccc1CC(=O)c1ccc(Cl)cc1F. The van der Waals surface area contributed by atoms with E-state index in [4.69, 9.17) is 16.3 Å². The number of hydrogen-bond acceptors (Lipinski definition) is 2. The molecular weight excluding hydrogens is 267 g/mol. The van der Waals surface area contributed by atoms with Crippen molar-refractivity contribution < 1.29 is 13.9 Å². The number of hydrogen-bond donors (Lipinski definition) is 0. The minimum atomic E-state index is -0.604. The standard InChI is InChI=1S/C15H12ClFO2/c1-19-15-5-3-2-4-10(15)8-14(18)12-7-6-11(16)9-13(12)17/h2-7,9H,8H2,1H3. The van der Waals surface area contributed by atoms with E-state index in [1.165, 1.54) is 19.2 Å². The van der Waals surface area contributed by atoms with Crippen molar-refractivity contribution in [3.05, 3.63) is 64.4 Å². The number of carbonyl (C=O) groups excluding carboxylic acids is 1. The van der Waals surface area contributed by atoms with Crippen LogP contribution in [0.1, 0.15) is 15.9 Å². The van der Waals surface area contributed by atoms with E-state index in [1.54, 1.807) is 12.1 Å². The van der Waals surface area contributed by atoms with Crippen LogP contribution in [0.15, 0.2) is 42.5 Å². The number of halogens is 2. The molecule has 0 unspecified atom stereocenters. The fraction of sp³-hybridized carbons (Fsp3) is 0.133. The van der Waals surface area contributed by atoms with Crippen LogP contribution in [0, 0.1) is 5.82 Å². The molecule has 0 amide bonds. The van der Waals surface area contributed by atoms with E-state index in [0.29, 0.717) is 5.75 Å². The normalized spacial score (nSPS) is 10.3. The average molecular weight is 279 g/mol. The van der Waals surface area contributed by atoms with Crippen molar-refractivity contribution in [3.8, 4) is 5.75 Å². The summed E-state index contributed by atoms with van der Waals surface area (Å²) in [7, 11) is 1.53. The molecule has 19 heavy (non-hydrogen) atoms. The van der Waals surface area contributed by atoms with Crippen molar-refractivity contribution in [2.45, 2.75) is 6.42 Å². The first-order chi connectivity index (χ1) is 9.11. The van der Waals surface area contributed by atoms with Gasteiger partial charge in [0.2, 0.25) is 0 Å². The molecule has 0 aliphatic carbocycles. The third-order valence-corrected chi connectivity index (χ3v) is 3.01. The highest BCUT2D eigenvalue weighted by molar-refractivity contribution is 6.30. The highest BCUT2D eigenvalue weighted by Gasteiger charge is 2.14. The zero-order valence-corrected chi connectivity index (χ0v) is 11.1. The molecule has 2 aromatic carbocycles. The van der Waals surface area contributed by atoms with Crippen LogP contribution in [0.4, 0.5) is 4.39 Å². The van der Waals surface area contributed by atoms with Crippen LogP contribution in [0.3, 0.4) is 0 Å². The second-order valence-electron chi connectivity index (χ2n) is 4.04. The first kappa shape index (κ1) is 13.6. The molecule has 0 saturated carbocycles. The van der Waals surface area contributed by atoms with E-state index in [1.807, 2.05) is 12.1 Å². The van der Waals surface area contributed by atoms with Gasteiger partial charge in [-0.15, -0.1) is 0 Å². The molecule has 0 atom stereocenters. The topological polar surface area (TPSA) is 26.3 Å². The van der Waals surface area contributed by atoms with Crippen LogP contribution < -0.4 is 4.74 Å². The lowest BCUT2D eigenvalue weighted by Crippen LogP contribution is -2.07. The fourth-order valence-corrected chi connectivity index (χ4v) is 1.99. The predicted molar refractivity (Wildman–Crippen MR) is 72.4 cm³/mol. The van der Waals surface area contributed by atoms with Gasteiger partial charge in [0, 0.05) is 17.0 Å². The summed E-state index contributed by atoms with van der Waals surface area (Å²) in [6.45, 7) is 0. The summed E-state index contributed by atoms with van der Waals surface area (Å²) in [5.41, 5.74) is 0.764. The molecular formula is C15H12ClFO2. The third kappa shape index (κ3) is 3.12. The molecule has 0 N–H and O–H groups in total. The van der Waals surface area contributed by atoms with E-state index in [2.05, 4.69) is 0 Å². The third-order valence-electron chi connectivity index (χ3n) is 2.78. The summed E-state index contributed by atoms with van der Waals surface area (Å²) in [4.78, 5) is 12.1. The Bertz CT molecular complexity index is 611. The smallest absolute Gasteiger partial charge is 0.170 e. The molecule has 2 rings (SSSR count). The Hall–Kier alpha value is -1.87. The maximum atomic E-state index is 13.6. The zero-order valence-electron chi connectivity index (χ0n) is 10.3. The lowest BCUT2D eigenvalue weighted by atomic mass is 10.0. The summed E-state index contributed by atoms with van der Waals surface area (Å²) >= 11 is 5.66. The molecule has 2 nitrogen and oxygen atoms in total. The summed E-state index contributed by atoms with van der Waals surface area (Å²) in [6, 6.07) is 11.2. The number of benzene rings is 2. The minimum absolute atomic E-state index is 0.0373. The molecule has 0 aromatic heterocycles. The van der Waals surface area contributed by atoms with Crippen LogP contribution in [0.5, 0.6) is 5.75 Å². The maximum Gasteiger partial charge on any atom is 0.170 e. The highest BCUT2D eigenvalue weighted by Crippen LogP contribution is 2.21. The van der Waals surface area contributed by atoms with Gasteiger partial charge in [-0.1, -0.05) is 29.8 Å². The summed E-state index contributed by atoms with van der Waals surface area (Å²) in [5.74, 6) is -0.295. The quantitative estimate of drug-likeness (QED) is 0.793. The van der Waals surface area contributed by atoms with Crippen LogP contribution >= 0.6 is 11.6 Å². The van der Waals surface area contributed by atoms with Gasteiger partial charge in [-0.3, -0.25) is 4.79 Å². The van der Waals surface area contributed by atoms with Gasteiger partial charge in [0.1, 0.15) is 11.6 Å². The molecule has 2 aromatic rings. The molecule has 0 radical (unpaired) electrons. The second-order valence-corrected chi connectivity index (χ2v) is 4.47. The molecule has 0 fully saturated rings. The Labute approximate surface area is 115 Å². The van der Waals surface area contributed by atoms with E-state index in [9.17, 15) is 9.18 Å². The molecule has 0 aliphatic heterocycles. The number of methoxy groups -OCH3 is 1. The number of Topliss-reactive ketones (excluding diaryl/α,β-unsaturated/α-hetero) is 1. The first-order valence-corrected chi connectivity index (χ1v) is 6.09. The van der Waals surface area contributed by atoms with Crippen molar-refractivity contribution >= 4 is 17.4 Å². The monoisotopic (exact) mass is 278 g/mol. The molecule has 98 valence electrons. The minimum Gasteiger partial charge on any atom is -0.496 e. The van der Waals surface area contributed by atoms with Crippen molar-refractivity contribution in [3.63, 3.8) is 0 Å². The molecule has 0 saturated heterocycles. The van der Waals surface area contributed by atoms with E-state index in [0.717, 1.165) is 11.6 Å². The van der Waals surface area contributed by atoms with Gasteiger partial charge in [-0.25, -0.2) is 4.39 Å². The van der Waals surface area contributed by atoms with Crippen molar-refractivity contribution in [1.82, 2.24) is 0 Å². The Morgan fingerprint density at radius 1 is 1.26 bits per heavy atom. The number of rotatable bonds is 4. The average Bonchev–Trinajstić information content (AvgIpc) is 2.39. The number of para-hydroxylation sites is 1. The van der Waals surface area contributed by atoms with Crippen molar-refractivity contribution in [1.29, 1.82) is 0 Å². The zero-order chi connectivity index (χ0) is 13.8. The largest absolute Gasteiger partial charge is 0.496 e. The van der Waals surface area contributed by atoms with Crippen LogP contribution in [-0.2, 0) is 6.42 Å². The van der Waals surface area contributed by atoms with Crippen molar-refractivity contribution in [2.24, 2.45) is 0 Å². The highest BCUT2D eigenvalue weighted by atomic mass is 35.5. The maximum absolute atomic E-state index is 13.6. The van der Waals surface area contributed by atoms with E-state index in [-0.39, 0.29) is 22.8 Å².